The first kappa shape index (κ1) is 11.4. The highest BCUT2D eigenvalue weighted by Gasteiger charge is 2.08. The maximum absolute atomic E-state index is 4.50. The molecule has 0 atom stereocenters. The van der Waals surface area contributed by atoms with Gasteiger partial charge in [-0.05, 0) is 0 Å². The minimum Gasteiger partial charge on any atom is -0.366 e. The summed E-state index contributed by atoms with van der Waals surface area (Å²) in [4.78, 5) is 8.65. The van der Waals surface area contributed by atoms with E-state index in [0.29, 0.717) is 12.3 Å². The molecular formula is C14H13N5. The van der Waals surface area contributed by atoms with E-state index in [-0.39, 0.29) is 0 Å². The van der Waals surface area contributed by atoms with Crippen LogP contribution < -0.4 is 5.32 Å². The van der Waals surface area contributed by atoms with Gasteiger partial charge in [0, 0.05) is 18.2 Å². The van der Waals surface area contributed by atoms with E-state index in [9.17, 15) is 0 Å². The van der Waals surface area contributed by atoms with Crippen LogP contribution in [0.4, 0.5) is 5.82 Å². The van der Waals surface area contributed by atoms with Crippen molar-refractivity contribution in [1.29, 1.82) is 0 Å². The van der Waals surface area contributed by atoms with Crippen molar-refractivity contribution in [3.63, 3.8) is 0 Å². The largest absolute Gasteiger partial charge is 0.366 e. The first-order valence-corrected chi connectivity index (χ1v) is 5.99. The van der Waals surface area contributed by atoms with Crippen molar-refractivity contribution in [2.24, 2.45) is 0 Å². The maximum atomic E-state index is 4.50. The van der Waals surface area contributed by atoms with E-state index >= 15 is 0 Å². The third-order valence-corrected chi connectivity index (χ3v) is 2.75. The molecule has 2 heterocycles. The second-order valence-corrected chi connectivity index (χ2v) is 4.03. The predicted molar refractivity (Wildman–Crippen MR) is 74.9 cm³/mol. The molecule has 94 valence electrons. The number of fused-ring (bicyclic) bond motifs is 1. The van der Waals surface area contributed by atoms with Crippen LogP contribution in [0.2, 0.25) is 0 Å². The minimum atomic E-state index is 0.577. The Morgan fingerprint density at radius 2 is 2.11 bits per heavy atom. The fourth-order valence-electron chi connectivity index (χ4n) is 1.87. The number of anilines is 1. The van der Waals surface area contributed by atoms with Gasteiger partial charge in [0.25, 0.3) is 5.78 Å². The van der Waals surface area contributed by atoms with E-state index in [4.69, 9.17) is 0 Å². The summed E-state index contributed by atoms with van der Waals surface area (Å²) in [5.41, 5.74) is 1.92. The Kier molecular flexibility index (Phi) is 2.94. The molecule has 0 spiro atoms. The highest BCUT2D eigenvalue weighted by molar-refractivity contribution is 5.65. The Labute approximate surface area is 110 Å². The Morgan fingerprint density at radius 1 is 1.26 bits per heavy atom. The van der Waals surface area contributed by atoms with Crippen LogP contribution in [0.1, 0.15) is 0 Å². The SMILES string of the molecule is C=CCNc1cc(-c2ccccc2)nc2ncnn12. The molecule has 1 N–H and O–H groups in total. The molecule has 0 amide bonds. The molecule has 3 aromatic rings. The van der Waals surface area contributed by atoms with Gasteiger partial charge in [-0.1, -0.05) is 36.4 Å². The van der Waals surface area contributed by atoms with Gasteiger partial charge in [0.1, 0.15) is 12.1 Å². The van der Waals surface area contributed by atoms with E-state index in [1.807, 2.05) is 36.4 Å². The fraction of sp³-hybridized carbons (Fsp3) is 0.0714. The van der Waals surface area contributed by atoms with E-state index < -0.39 is 0 Å². The average Bonchev–Trinajstić information content (AvgIpc) is 2.94. The van der Waals surface area contributed by atoms with Crippen LogP contribution in [0.3, 0.4) is 0 Å². The summed E-state index contributed by atoms with van der Waals surface area (Å²) in [5, 5.41) is 7.39. The summed E-state index contributed by atoms with van der Waals surface area (Å²) in [6.07, 6.45) is 3.29. The number of benzene rings is 1. The number of hydrogen-bond donors (Lipinski definition) is 1. The zero-order valence-electron chi connectivity index (χ0n) is 10.3. The molecule has 0 bridgehead atoms. The highest BCUT2D eigenvalue weighted by atomic mass is 15.3. The molecule has 0 aliphatic heterocycles. The zero-order chi connectivity index (χ0) is 13.1. The van der Waals surface area contributed by atoms with Crippen molar-refractivity contribution in [3.8, 4) is 11.3 Å². The van der Waals surface area contributed by atoms with Crippen LogP contribution in [0, 0.1) is 0 Å². The number of nitrogens with one attached hydrogen (secondary N) is 1. The molecule has 0 aliphatic carbocycles. The Balaban J connectivity index is 2.13. The van der Waals surface area contributed by atoms with Crippen LogP contribution >= 0.6 is 0 Å². The van der Waals surface area contributed by atoms with Gasteiger partial charge >= 0.3 is 0 Å². The average molecular weight is 251 g/mol. The molecule has 5 nitrogen and oxygen atoms in total. The predicted octanol–water partition coefficient (Wildman–Crippen LogP) is 2.39. The second kappa shape index (κ2) is 4.89. The van der Waals surface area contributed by atoms with Gasteiger partial charge in [0.2, 0.25) is 0 Å². The molecule has 5 heteroatoms. The topological polar surface area (TPSA) is 55.1 Å². The lowest BCUT2D eigenvalue weighted by Crippen LogP contribution is -2.06. The zero-order valence-corrected chi connectivity index (χ0v) is 10.3. The van der Waals surface area contributed by atoms with E-state index in [1.165, 1.54) is 6.33 Å². The van der Waals surface area contributed by atoms with E-state index in [1.54, 1.807) is 10.6 Å². The van der Waals surface area contributed by atoms with Crippen molar-refractivity contribution >= 4 is 11.6 Å². The monoisotopic (exact) mass is 251 g/mol. The number of hydrogen-bond acceptors (Lipinski definition) is 4. The smallest absolute Gasteiger partial charge is 0.254 e. The lowest BCUT2D eigenvalue weighted by Gasteiger charge is -2.08. The lowest BCUT2D eigenvalue weighted by atomic mass is 10.1. The van der Waals surface area contributed by atoms with Gasteiger partial charge in [-0.25, -0.2) is 4.98 Å². The first-order valence-electron chi connectivity index (χ1n) is 5.99. The van der Waals surface area contributed by atoms with Crippen LogP contribution in [-0.2, 0) is 0 Å². The molecular weight excluding hydrogens is 238 g/mol. The summed E-state index contributed by atoms with van der Waals surface area (Å²) in [5.74, 6) is 1.43. The molecule has 0 fully saturated rings. The van der Waals surface area contributed by atoms with Crippen molar-refractivity contribution in [3.05, 3.63) is 55.4 Å². The molecule has 0 unspecified atom stereocenters. The summed E-state index contributed by atoms with van der Waals surface area (Å²) in [6.45, 7) is 4.36. The number of nitrogens with zero attached hydrogens (tertiary/aromatic N) is 4. The molecule has 3 rings (SSSR count). The molecule has 0 saturated carbocycles. The van der Waals surface area contributed by atoms with Crippen LogP contribution in [0.15, 0.2) is 55.4 Å². The van der Waals surface area contributed by atoms with Crippen molar-refractivity contribution in [1.82, 2.24) is 19.6 Å². The van der Waals surface area contributed by atoms with Crippen molar-refractivity contribution < 1.29 is 0 Å². The third kappa shape index (κ3) is 2.18. The Morgan fingerprint density at radius 3 is 2.89 bits per heavy atom. The summed E-state index contributed by atoms with van der Waals surface area (Å²) in [7, 11) is 0. The van der Waals surface area contributed by atoms with Crippen molar-refractivity contribution in [2.75, 3.05) is 11.9 Å². The molecule has 0 radical (unpaired) electrons. The van der Waals surface area contributed by atoms with Gasteiger partial charge in [-0.3, -0.25) is 0 Å². The number of rotatable bonds is 4. The van der Waals surface area contributed by atoms with Gasteiger partial charge < -0.3 is 5.32 Å². The van der Waals surface area contributed by atoms with Crippen LogP contribution in [0.25, 0.3) is 17.0 Å². The molecule has 19 heavy (non-hydrogen) atoms. The molecule has 2 aromatic heterocycles. The molecule has 1 aromatic carbocycles. The van der Waals surface area contributed by atoms with Crippen molar-refractivity contribution in [2.45, 2.75) is 0 Å². The Hall–Kier alpha value is -2.69. The van der Waals surface area contributed by atoms with E-state index in [0.717, 1.165) is 17.1 Å². The maximum Gasteiger partial charge on any atom is 0.254 e. The first-order chi connectivity index (χ1) is 9.38. The number of aromatic nitrogens is 4. The quantitative estimate of drug-likeness (QED) is 0.723. The normalized spacial score (nSPS) is 10.5. The van der Waals surface area contributed by atoms with Crippen LogP contribution in [0.5, 0.6) is 0 Å². The summed E-state index contributed by atoms with van der Waals surface area (Å²) < 4.78 is 1.68. The second-order valence-electron chi connectivity index (χ2n) is 4.03. The Bertz CT molecular complexity index is 702. The highest BCUT2D eigenvalue weighted by Crippen LogP contribution is 2.20. The van der Waals surface area contributed by atoms with Gasteiger partial charge in [0.15, 0.2) is 0 Å². The molecule has 0 saturated heterocycles. The lowest BCUT2D eigenvalue weighted by molar-refractivity contribution is 0.939. The van der Waals surface area contributed by atoms with Gasteiger partial charge in [-0.2, -0.15) is 14.6 Å². The van der Waals surface area contributed by atoms with E-state index in [2.05, 4.69) is 27.0 Å². The minimum absolute atomic E-state index is 0.577. The molecule has 0 aliphatic rings. The summed E-state index contributed by atoms with van der Waals surface area (Å²) >= 11 is 0. The van der Waals surface area contributed by atoms with Crippen LogP contribution in [-0.4, -0.2) is 26.1 Å². The third-order valence-electron chi connectivity index (χ3n) is 2.75. The van der Waals surface area contributed by atoms with Gasteiger partial charge in [-0.15, -0.1) is 6.58 Å². The fourth-order valence-corrected chi connectivity index (χ4v) is 1.87. The standard InChI is InChI=1S/C14H13N5/c1-2-8-15-13-9-12(11-6-4-3-5-7-11)18-14-16-10-17-19(13)14/h2-7,9-10,15H,1,8H2. The van der Waals surface area contributed by atoms with Gasteiger partial charge in [0.05, 0.1) is 5.69 Å². The summed E-state index contributed by atoms with van der Waals surface area (Å²) in [6, 6.07) is 12.0.